The predicted molar refractivity (Wildman–Crippen MR) is 121 cm³/mol. The molecule has 152 valence electrons. The van der Waals surface area contributed by atoms with Gasteiger partial charge in [0.25, 0.3) is 0 Å². The molecule has 2 aromatic heterocycles. The molecule has 8 heteroatoms. The van der Waals surface area contributed by atoms with Crippen molar-refractivity contribution in [3.05, 3.63) is 83.3 Å². The molecule has 0 saturated heterocycles. The monoisotopic (exact) mass is 432 g/mol. The van der Waals surface area contributed by atoms with Gasteiger partial charge in [0.05, 0.1) is 18.6 Å². The van der Waals surface area contributed by atoms with Gasteiger partial charge in [0.2, 0.25) is 0 Å². The van der Waals surface area contributed by atoms with Crippen molar-refractivity contribution in [2.24, 2.45) is 5.73 Å². The number of hydrogen-bond acceptors (Lipinski definition) is 4. The van der Waals surface area contributed by atoms with Crippen LogP contribution in [0.5, 0.6) is 0 Å². The quantitative estimate of drug-likeness (QED) is 0.493. The zero-order valence-electron chi connectivity index (χ0n) is 14.8. The van der Waals surface area contributed by atoms with E-state index in [0.29, 0.717) is 17.6 Å². The first-order chi connectivity index (χ1) is 13.2. The summed E-state index contributed by atoms with van der Waals surface area (Å²) in [7, 11) is 0. The van der Waals surface area contributed by atoms with E-state index in [-0.39, 0.29) is 38.6 Å². The van der Waals surface area contributed by atoms with Gasteiger partial charge in [0.1, 0.15) is 6.33 Å². The van der Waals surface area contributed by atoms with Gasteiger partial charge in [-0.05, 0) is 40.8 Å². The first kappa shape index (κ1) is 22.5. The number of hydrogen-bond donors (Lipinski definition) is 1. The van der Waals surface area contributed by atoms with E-state index in [1.165, 1.54) is 25.7 Å². The fourth-order valence-corrected chi connectivity index (χ4v) is 3.95. The molecular formula is C21H22ClFN4OS. The second kappa shape index (κ2) is 9.65. The zero-order chi connectivity index (χ0) is 18.8. The molecule has 29 heavy (non-hydrogen) atoms. The molecule has 0 aliphatic carbocycles. The van der Waals surface area contributed by atoms with E-state index in [1.54, 1.807) is 11.3 Å². The molecule has 2 aromatic carbocycles. The highest BCUT2D eigenvalue weighted by Crippen LogP contribution is 2.33. The summed E-state index contributed by atoms with van der Waals surface area (Å²) in [5.74, 6) is 0. The number of fused-ring (bicyclic) bond motifs is 1. The van der Waals surface area contributed by atoms with Gasteiger partial charge >= 0.3 is 5.69 Å². The summed E-state index contributed by atoms with van der Waals surface area (Å²) in [4.78, 5) is 13.7. The number of rotatable bonds is 5. The third kappa shape index (κ3) is 4.48. The summed E-state index contributed by atoms with van der Waals surface area (Å²) in [5, 5.41) is 5.27. The first-order valence-corrected chi connectivity index (χ1v) is 9.23. The highest BCUT2D eigenvalue weighted by atomic mass is 35.5. The van der Waals surface area contributed by atoms with E-state index in [1.807, 2.05) is 36.4 Å². The Kier molecular flexibility index (Phi) is 7.50. The second-order valence-electron chi connectivity index (χ2n) is 6.11. The third-order valence-electron chi connectivity index (χ3n) is 4.34. The Morgan fingerprint density at radius 1 is 1.17 bits per heavy atom. The number of aromatic nitrogens is 3. The smallest absolute Gasteiger partial charge is 0.327 e. The fourth-order valence-electron chi connectivity index (χ4n) is 2.89. The van der Waals surface area contributed by atoms with Gasteiger partial charge in [-0.25, -0.2) is 18.4 Å². The molecule has 4 rings (SSSR count). The summed E-state index contributed by atoms with van der Waals surface area (Å²) in [6, 6.07) is 18.1. The Hall–Kier alpha value is -2.74. The van der Waals surface area contributed by atoms with Crippen molar-refractivity contribution in [2.75, 3.05) is 6.54 Å². The molecule has 2 heterocycles. The molecule has 0 fully saturated rings. The normalized spacial score (nSPS) is 11.2. The van der Waals surface area contributed by atoms with Crippen LogP contribution in [0.15, 0.2) is 77.6 Å². The number of nitrogens with zero attached hydrogens (tertiary/aromatic N) is 3. The lowest BCUT2D eigenvalue weighted by atomic mass is 10.1. The Bertz CT molecular complexity index is 1160. The third-order valence-corrected chi connectivity index (χ3v) is 5.50. The molecule has 0 spiro atoms. The van der Waals surface area contributed by atoms with Crippen LogP contribution in [0.4, 0.5) is 4.39 Å². The molecule has 0 amide bonds. The maximum atomic E-state index is 12.7. The summed E-state index contributed by atoms with van der Waals surface area (Å²) < 4.78 is 16.6. The maximum Gasteiger partial charge on any atom is 0.350 e. The predicted octanol–water partition coefficient (Wildman–Crippen LogP) is 4.79. The maximum absolute atomic E-state index is 12.7. The molecule has 0 unspecified atom stereocenters. The minimum absolute atomic E-state index is 0. The van der Waals surface area contributed by atoms with Gasteiger partial charge in [-0.1, -0.05) is 37.8 Å². The van der Waals surface area contributed by atoms with Gasteiger partial charge in [-0.3, -0.25) is 0 Å². The van der Waals surface area contributed by atoms with Crippen LogP contribution in [0.25, 0.3) is 26.2 Å². The summed E-state index contributed by atoms with van der Waals surface area (Å²) in [6.45, 7) is 0.0755. The van der Waals surface area contributed by atoms with E-state index in [9.17, 15) is 9.18 Å². The van der Waals surface area contributed by atoms with Crippen LogP contribution in [0, 0.1) is 0 Å². The summed E-state index contributed by atoms with van der Waals surface area (Å²) >= 11 is 1.71. The lowest BCUT2D eigenvalue weighted by Crippen LogP contribution is -2.25. The van der Waals surface area contributed by atoms with E-state index in [0.717, 1.165) is 10.4 Å². The Balaban J connectivity index is 0.00000150. The lowest BCUT2D eigenvalue weighted by molar-refractivity contribution is 0.612. The molecule has 4 aromatic rings. The van der Waals surface area contributed by atoms with Crippen LogP contribution in [0.1, 0.15) is 7.43 Å². The molecule has 0 radical (unpaired) electrons. The molecule has 0 atom stereocenters. The van der Waals surface area contributed by atoms with Crippen LogP contribution in [0.2, 0.25) is 0 Å². The SMILES string of the molecule is C.Cl.NC/C(=C\F)Cn1ncn(-c2cccc(-c3cc4ccccc4s3)c2)c1=O. The molecule has 0 saturated carbocycles. The molecular weight excluding hydrogens is 411 g/mol. The average molecular weight is 433 g/mol. The Morgan fingerprint density at radius 2 is 1.97 bits per heavy atom. The molecule has 2 N–H and O–H groups in total. The average Bonchev–Trinajstić information content (AvgIpc) is 3.30. The van der Waals surface area contributed by atoms with Crippen molar-refractivity contribution in [2.45, 2.75) is 14.0 Å². The van der Waals surface area contributed by atoms with Gasteiger partial charge in [0.15, 0.2) is 0 Å². The molecule has 5 nitrogen and oxygen atoms in total. The summed E-state index contributed by atoms with van der Waals surface area (Å²) in [6.07, 6.45) is 1.87. The number of thiophene rings is 1. The highest BCUT2D eigenvalue weighted by molar-refractivity contribution is 7.22. The highest BCUT2D eigenvalue weighted by Gasteiger charge is 2.10. The van der Waals surface area contributed by atoms with Gasteiger partial charge in [0, 0.05) is 16.1 Å². The first-order valence-electron chi connectivity index (χ1n) is 8.41. The van der Waals surface area contributed by atoms with E-state index in [4.69, 9.17) is 5.73 Å². The number of halogens is 2. The van der Waals surface area contributed by atoms with Crippen molar-refractivity contribution in [3.63, 3.8) is 0 Å². The van der Waals surface area contributed by atoms with Crippen molar-refractivity contribution >= 4 is 33.8 Å². The number of nitrogens with two attached hydrogens (primary N) is 1. The second-order valence-corrected chi connectivity index (χ2v) is 7.20. The minimum Gasteiger partial charge on any atom is -0.327 e. The van der Waals surface area contributed by atoms with E-state index in [2.05, 4.69) is 23.3 Å². The molecule has 0 bridgehead atoms. The largest absolute Gasteiger partial charge is 0.350 e. The topological polar surface area (TPSA) is 65.8 Å². The van der Waals surface area contributed by atoms with Crippen LogP contribution >= 0.6 is 23.7 Å². The van der Waals surface area contributed by atoms with Crippen molar-refractivity contribution < 1.29 is 4.39 Å². The van der Waals surface area contributed by atoms with Crippen molar-refractivity contribution in [1.29, 1.82) is 0 Å². The number of benzene rings is 2. The Morgan fingerprint density at radius 3 is 2.69 bits per heavy atom. The van der Waals surface area contributed by atoms with Crippen LogP contribution in [-0.4, -0.2) is 20.9 Å². The zero-order valence-corrected chi connectivity index (χ0v) is 16.4. The summed E-state index contributed by atoms with van der Waals surface area (Å²) in [5.41, 5.74) is 7.16. The molecule has 0 aliphatic rings. The Labute approximate surface area is 178 Å². The van der Waals surface area contributed by atoms with Gasteiger partial charge in [-0.15, -0.1) is 23.7 Å². The van der Waals surface area contributed by atoms with Crippen LogP contribution in [-0.2, 0) is 6.54 Å². The lowest BCUT2D eigenvalue weighted by Gasteiger charge is -2.04. The van der Waals surface area contributed by atoms with Crippen LogP contribution < -0.4 is 11.4 Å². The molecule has 0 aliphatic heterocycles. The standard InChI is InChI=1S/C20H17FN4OS.CH4.ClH/c21-10-14(11-22)12-25-20(26)24(13-23-25)17-6-3-5-15(8-17)19-9-16-4-1-2-7-18(16)27-19;;/h1-10,13H,11-12,22H2;1H4;1H/b14-10+;;. The van der Waals surface area contributed by atoms with E-state index < -0.39 is 0 Å². The fraction of sp³-hybridized carbons (Fsp3) is 0.143. The van der Waals surface area contributed by atoms with Crippen molar-refractivity contribution in [1.82, 2.24) is 14.3 Å². The van der Waals surface area contributed by atoms with Gasteiger partial charge < -0.3 is 5.73 Å². The van der Waals surface area contributed by atoms with E-state index >= 15 is 0 Å². The van der Waals surface area contributed by atoms with Crippen LogP contribution in [0.3, 0.4) is 0 Å². The van der Waals surface area contributed by atoms with Crippen molar-refractivity contribution in [3.8, 4) is 16.1 Å². The van der Waals surface area contributed by atoms with Gasteiger partial charge in [-0.2, -0.15) is 5.10 Å². The minimum atomic E-state index is -0.337.